The lowest BCUT2D eigenvalue weighted by Crippen LogP contribution is -2.46. The number of ether oxygens (including phenoxy) is 1. The summed E-state index contributed by atoms with van der Waals surface area (Å²) in [5.41, 5.74) is 0.0213. The summed E-state index contributed by atoms with van der Waals surface area (Å²) in [6.07, 6.45) is 4.36. The quantitative estimate of drug-likeness (QED) is 0.891. The van der Waals surface area contributed by atoms with Gasteiger partial charge in [0.05, 0.1) is 5.60 Å². The number of hydrogen-bond donors (Lipinski definition) is 1. The lowest BCUT2D eigenvalue weighted by atomic mass is 9.95. The molecule has 1 saturated heterocycles. The first-order valence-electron chi connectivity index (χ1n) is 6.61. The zero-order valence-corrected chi connectivity index (χ0v) is 12.3. The van der Waals surface area contributed by atoms with Crippen molar-refractivity contribution in [1.82, 2.24) is 9.88 Å². The van der Waals surface area contributed by atoms with Crippen LogP contribution in [0.4, 0.5) is 5.13 Å². The maximum atomic E-state index is 5.62. The van der Waals surface area contributed by atoms with Crippen LogP contribution in [0.2, 0.25) is 0 Å². The topological polar surface area (TPSA) is 37.4 Å². The number of hydrogen-bond acceptors (Lipinski definition) is 5. The van der Waals surface area contributed by atoms with Gasteiger partial charge in [-0.15, -0.1) is 11.3 Å². The molecule has 1 unspecified atom stereocenters. The number of nitrogens with one attached hydrogen (secondary N) is 1. The van der Waals surface area contributed by atoms with E-state index in [0.717, 1.165) is 37.7 Å². The van der Waals surface area contributed by atoms with Crippen LogP contribution in [0.25, 0.3) is 0 Å². The Balaban J connectivity index is 1.92. The minimum Gasteiger partial charge on any atom is -0.377 e. The van der Waals surface area contributed by atoms with Crippen LogP contribution in [0.3, 0.4) is 0 Å². The van der Waals surface area contributed by atoms with Crippen molar-refractivity contribution < 1.29 is 4.74 Å². The number of likely N-dealkylation sites (tertiary alicyclic amines) is 1. The molecule has 0 amide bonds. The van der Waals surface area contributed by atoms with Crippen molar-refractivity contribution in [3.8, 4) is 0 Å². The van der Waals surface area contributed by atoms with Gasteiger partial charge >= 0.3 is 0 Å². The van der Waals surface area contributed by atoms with Crippen molar-refractivity contribution in [3.63, 3.8) is 0 Å². The van der Waals surface area contributed by atoms with Gasteiger partial charge in [-0.3, -0.25) is 4.90 Å². The molecule has 0 radical (unpaired) electrons. The largest absolute Gasteiger partial charge is 0.377 e. The summed E-state index contributed by atoms with van der Waals surface area (Å²) < 4.78 is 5.62. The Morgan fingerprint density at radius 2 is 2.44 bits per heavy atom. The molecule has 1 aromatic rings. The predicted molar refractivity (Wildman–Crippen MR) is 76.2 cm³/mol. The first-order chi connectivity index (χ1) is 8.65. The maximum Gasteiger partial charge on any atom is 0.182 e. The van der Waals surface area contributed by atoms with Crippen LogP contribution >= 0.6 is 11.3 Å². The van der Waals surface area contributed by atoms with Gasteiger partial charge in [0.25, 0.3) is 0 Å². The second-order valence-electron chi connectivity index (χ2n) is 5.13. The van der Waals surface area contributed by atoms with E-state index in [2.05, 4.69) is 29.0 Å². The number of rotatable bonds is 5. The molecule has 0 bridgehead atoms. The molecule has 0 spiro atoms. The van der Waals surface area contributed by atoms with Crippen LogP contribution < -0.4 is 5.32 Å². The lowest BCUT2D eigenvalue weighted by molar-refractivity contribution is -0.0525. The fourth-order valence-corrected chi connectivity index (χ4v) is 3.37. The highest BCUT2D eigenvalue weighted by Crippen LogP contribution is 2.26. The highest BCUT2D eigenvalue weighted by atomic mass is 32.1. The maximum absolute atomic E-state index is 5.62. The second kappa shape index (κ2) is 5.99. The van der Waals surface area contributed by atoms with E-state index in [4.69, 9.17) is 4.74 Å². The van der Waals surface area contributed by atoms with Gasteiger partial charge in [-0.1, -0.05) is 0 Å². The highest BCUT2D eigenvalue weighted by Gasteiger charge is 2.30. The number of anilines is 1. The molecule has 1 fully saturated rings. The fraction of sp³-hybridized carbons (Fsp3) is 0.769. The highest BCUT2D eigenvalue weighted by molar-refractivity contribution is 7.15. The normalized spacial score (nSPS) is 25.3. The number of methoxy groups -OCH3 is 1. The van der Waals surface area contributed by atoms with Crippen LogP contribution in [-0.4, -0.2) is 42.2 Å². The molecule has 1 aromatic heterocycles. The Kier molecular flexibility index (Phi) is 4.59. The van der Waals surface area contributed by atoms with E-state index >= 15 is 0 Å². The van der Waals surface area contributed by atoms with Gasteiger partial charge in [0.1, 0.15) is 0 Å². The van der Waals surface area contributed by atoms with E-state index in [1.807, 2.05) is 13.3 Å². The third-order valence-corrected chi connectivity index (χ3v) is 4.43. The first kappa shape index (κ1) is 13.8. The Hall–Kier alpha value is -0.650. The third-order valence-electron chi connectivity index (χ3n) is 3.49. The Labute approximate surface area is 113 Å². The Morgan fingerprint density at radius 1 is 1.61 bits per heavy atom. The van der Waals surface area contributed by atoms with Crippen LogP contribution in [0.5, 0.6) is 0 Å². The molecule has 2 heterocycles. The predicted octanol–water partition coefficient (Wildman–Crippen LogP) is 2.58. The van der Waals surface area contributed by atoms with Crippen molar-refractivity contribution in [1.29, 1.82) is 0 Å². The molecule has 1 N–H and O–H groups in total. The molecule has 1 atom stereocenters. The molecule has 0 saturated carbocycles. The van der Waals surface area contributed by atoms with Gasteiger partial charge < -0.3 is 10.1 Å². The van der Waals surface area contributed by atoms with Gasteiger partial charge in [-0.25, -0.2) is 4.98 Å². The van der Waals surface area contributed by atoms with Crippen molar-refractivity contribution in [2.75, 3.05) is 32.1 Å². The van der Waals surface area contributed by atoms with E-state index in [1.165, 1.54) is 11.3 Å². The minimum absolute atomic E-state index is 0.0213. The number of aromatic nitrogens is 1. The van der Waals surface area contributed by atoms with Gasteiger partial charge in [-0.2, -0.15) is 0 Å². The SMILES string of the molecule is CCNc1ncc(CN2CCCC(C)(OC)C2)s1. The summed E-state index contributed by atoms with van der Waals surface area (Å²) in [6.45, 7) is 8.39. The lowest BCUT2D eigenvalue weighted by Gasteiger charge is -2.39. The van der Waals surface area contributed by atoms with E-state index in [0.29, 0.717) is 0 Å². The zero-order chi connectivity index (χ0) is 13.0. The molecule has 4 nitrogen and oxygen atoms in total. The zero-order valence-electron chi connectivity index (χ0n) is 11.5. The van der Waals surface area contributed by atoms with E-state index in [-0.39, 0.29) is 5.60 Å². The van der Waals surface area contributed by atoms with Gasteiger partial charge in [0, 0.05) is 37.8 Å². The standard InChI is InChI=1S/C13H23N3OS/c1-4-14-12-15-8-11(18-12)9-16-7-5-6-13(2,10-16)17-3/h8H,4-7,9-10H2,1-3H3,(H,14,15). The molecule has 1 aliphatic rings. The molecule has 102 valence electrons. The molecule has 0 aromatic carbocycles. The summed E-state index contributed by atoms with van der Waals surface area (Å²) in [5, 5.41) is 4.28. The van der Waals surface area contributed by atoms with E-state index in [1.54, 1.807) is 11.3 Å². The third kappa shape index (κ3) is 3.43. The Morgan fingerprint density at radius 3 is 3.17 bits per heavy atom. The molecular formula is C13H23N3OS. The monoisotopic (exact) mass is 269 g/mol. The van der Waals surface area contributed by atoms with Crippen molar-refractivity contribution in [2.24, 2.45) is 0 Å². The van der Waals surface area contributed by atoms with E-state index in [9.17, 15) is 0 Å². The number of nitrogens with zero attached hydrogens (tertiary/aromatic N) is 2. The average Bonchev–Trinajstić information content (AvgIpc) is 2.77. The van der Waals surface area contributed by atoms with Gasteiger partial charge in [0.15, 0.2) is 5.13 Å². The average molecular weight is 269 g/mol. The molecule has 0 aliphatic carbocycles. The summed E-state index contributed by atoms with van der Waals surface area (Å²) in [4.78, 5) is 8.17. The van der Waals surface area contributed by atoms with Gasteiger partial charge in [0.2, 0.25) is 0 Å². The van der Waals surface area contributed by atoms with Crippen LogP contribution in [-0.2, 0) is 11.3 Å². The fourth-order valence-electron chi connectivity index (χ4n) is 2.44. The molecule has 5 heteroatoms. The second-order valence-corrected chi connectivity index (χ2v) is 6.25. The first-order valence-corrected chi connectivity index (χ1v) is 7.43. The molecular weight excluding hydrogens is 246 g/mol. The van der Waals surface area contributed by atoms with Crippen molar-refractivity contribution in [3.05, 3.63) is 11.1 Å². The molecule has 18 heavy (non-hydrogen) atoms. The van der Waals surface area contributed by atoms with Crippen molar-refractivity contribution >= 4 is 16.5 Å². The smallest absolute Gasteiger partial charge is 0.182 e. The van der Waals surface area contributed by atoms with Crippen LogP contribution in [0.1, 0.15) is 31.6 Å². The van der Waals surface area contributed by atoms with Crippen LogP contribution in [0, 0.1) is 0 Å². The summed E-state index contributed by atoms with van der Waals surface area (Å²) >= 11 is 1.75. The van der Waals surface area contributed by atoms with Crippen molar-refractivity contribution in [2.45, 2.75) is 38.8 Å². The summed E-state index contributed by atoms with van der Waals surface area (Å²) in [7, 11) is 1.82. The summed E-state index contributed by atoms with van der Waals surface area (Å²) in [5.74, 6) is 0. The summed E-state index contributed by atoms with van der Waals surface area (Å²) in [6, 6.07) is 0. The number of thiazole rings is 1. The Bertz CT molecular complexity index is 382. The molecule has 1 aliphatic heterocycles. The van der Waals surface area contributed by atoms with Crippen LogP contribution in [0.15, 0.2) is 6.20 Å². The number of piperidine rings is 1. The molecule has 2 rings (SSSR count). The minimum atomic E-state index is 0.0213. The van der Waals surface area contributed by atoms with E-state index < -0.39 is 0 Å². The van der Waals surface area contributed by atoms with Gasteiger partial charge in [-0.05, 0) is 33.2 Å².